The fraction of sp³-hybridized carbons (Fsp3) is 1.00. The quantitative estimate of drug-likeness (QED) is 0.826. The molecule has 19 heavy (non-hydrogen) atoms. The first-order valence-electron chi connectivity index (χ1n) is 7.10. The molecule has 2 heterocycles. The summed E-state index contributed by atoms with van der Waals surface area (Å²) >= 11 is 0. The first kappa shape index (κ1) is 17.2. The normalized spacial score (nSPS) is 23.4. The van der Waals surface area contributed by atoms with Gasteiger partial charge in [0.05, 0.1) is 0 Å². The molecule has 0 bridgehead atoms. The summed E-state index contributed by atoms with van der Waals surface area (Å²) in [4.78, 5) is 0. The van der Waals surface area contributed by atoms with Gasteiger partial charge in [0.2, 0.25) is 0 Å². The van der Waals surface area contributed by atoms with Crippen LogP contribution >= 0.6 is 12.4 Å². The van der Waals surface area contributed by atoms with Gasteiger partial charge in [-0.3, -0.25) is 0 Å². The number of hydrogen-bond acceptors (Lipinski definition) is 3. The van der Waals surface area contributed by atoms with E-state index in [1.807, 2.05) is 0 Å². The van der Waals surface area contributed by atoms with E-state index in [1.165, 1.54) is 0 Å². The van der Waals surface area contributed by atoms with E-state index in [1.54, 1.807) is 8.61 Å². The zero-order valence-electron chi connectivity index (χ0n) is 11.7. The molecule has 0 amide bonds. The summed E-state index contributed by atoms with van der Waals surface area (Å²) in [5, 5.41) is 3.35. The summed E-state index contributed by atoms with van der Waals surface area (Å²) in [5.41, 5.74) is 0. The summed E-state index contributed by atoms with van der Waals surface area (Å²) in [6.07, 6.45) is 3.99. The van der Waals surface area contributed by atoms with Gasteiger partial charge >= 0.3 is 0 Å². The Morgan fingerprint density at radius 1 is 1.05 bits per heavy atom. The highest BCUT2D eigenvalue weighted by Gasteiger charge is 2.33. The number of piperidine rings is 1. The van der Waals surface area contributed by atoms with Gasteiger partial charge in [-0.2, -0.15) is 17.0 Å². The van der Waals surface area contributed by atoms with Crippen molar-refractivity contribution in [2.24, 2.45) is 5.92 Å². The summed E-state index contributed by atoms with van der Waals surface area (Å²) in [5.74, 6) is 0.634. The van der Waals surface area contributed by atoms with Gasteiger partial charge in [-0.05, 0) is 44.7 Å². The lowest BCUT2D eigenvalue weighted by molar-refractivity contribution is 0.254. The fourth-order valence-corrected chi connectivity index (χ4v) is 4.49. The standard InChI is InChI=1S/C12H25N3O2S.ClH/c1-2-13-11-12-5-9-15(10-6-12)18(16,17)14-7-3-4-8-14;/h12-13H,2-11H2,1H3;1H. The van der Waals surface area contributed by atoms with E-state index < -0.39 is 10.2 Å². The smallest absolute Gasteiger partial charge is 0.281 e. The average Bonchev–Trinajstić information content (AvgIpc) is 2.91. The lowest BCUT2D eigenvalue weighted by atomic mass is 9.98. The highest BCUT2D eigenvalue weighted by Crippen LogP contribution is 2.23. The van der Waals surface area contributed by atoms with Crippen molar-refractivity contribution in [1.82, 2.24) is 13.9 Å². The second-order valence-corrected chi connectivity index (χ2v) is 7.19. The van der Waals surface area contributed by atoms with Crippen LogP contribution in [-0.4, -0.2) is 56.3 Å². The maximum Gasteiger partial charge on any atom is 0.281 e. The van der Waals surface area contributed by atoms with Crippen molar-refractivity contribution in [1.29, 1.82) is 0 Å². The predicted molar refractivity (Wildman–Crippen MR) is 79.8 cm³/mol. The van der Waals surface area contributed by atoms with Crippen molar-refractivity contribution >= 4 is 22.6 Å². The topological polar surface area (TPSA) is 52.7 Å². The van der Waals surface area contributed by atoms with Crippen molar-refractivity contribution in [2.45, 2.75) is 32.6 Å². The number of halogens is 1. The summed E-state index contributed by atoms with van der Waals surface area (Å²) < 4.78 is 28.0. The molecule has 0 unspecified atom stereocenters. The molecule has 7 heteroatoms. The van der Waals surface area contributed by atoms with E-state index in [2.05, 4.69) is 12.2 Å². The van der Waals surface area contributed by atoms with Gasteiger partial charge in [0.1, 0.15) is 0 Å². The molecule has 2 fully saturated rings. The van der Waals surface area contributed by atoms with E-state index in [9.17, 15) is 8.42 Å². The molecule has 0 atom stereocenters. The van der Waals surface area contributed by atoms with Crippen LogP contribution in [-0.2, 0) is 10.2 Å². The molecule has 0 spiro atoms. The largest absolute Gasteiger partial charge is 0.317 e. The monoisotopic (exact) mass is 311 g/mol. The van der Waals surface area contributed by atoms with Crippen molar-refractivity contribution in [2.75, 3.05) is 39.3 Å². The van der Waals surface area contributed by atoms with Crippen molar-refractivity contribution < 1.29 is 8.42 Å². The van der Waals surface area contributed by atoms with Crippen molar-refractivity contribution in [3.63, 3.8) is 0 Å². The average molecular weight is 312 g/mol. The van der Waals surface area contributed by atoms with Crippen LogP contribution in [0.25, 0.3) is 0 Å². The van der Waals surface area contributed by atoms with E-state index in [0.29, 0.717) is 32.1 Å². The highest BCUT2D eigenvalue weighted by molar-refractivity contribution is 7.86. The van der Waals surface area contributed by atoms with Crippen LogP contribution in [0.3, 0.4) is 0 Å². The van der Waals surface area contributed by atoms with Crippen molar-refractivity contribution in [3.05, 3.63) is 0 Å². The van der Waals surface area contributed by atoms with Crippen LogP contribution in [0.1, 0.15) is 32.6 Å². The number of nitrogens with zero attached hydrogens (tertiary/aromatic N) is 2. The fourth-order valence-electron chi connectivity index (χ4n) is 2.77. The van der Waals surface area contributed by atoms with Gasteiger partial charge in [-0.15, -0.1) is 12.4 Å². The Labute approximate surface area is 123 Å². The number of nitrogens with one attached hydrogen (secondary N) is 1. The Hall–Kier alpha value is 0.120. The minimum absolute atomic E-state index is 0. The van der Waals surface area contributed by atoms with Crippen LogP contribution in [0.15, 0.2) is 0 Å². The van der Waals surface area contributed by atoms with E-state index in [-0.39, 0.29) is 12.4 Å². The van der Waals surface area contributed by atoms with Gasteiger partial charge in [0.15, 0.2) is 0 Å². The second-order valence-electron chi connectivity index (χ2n) is 5.26. The van der Waals surface area contributed by atoms with Crippen LogP contribution in [0.5, 0.6) is 0 Å². The molecule has 2 aliphatic heterocycles. The van der Waals surface area contributed by atoms with Crippen LogP contribution in [0.2, 0.25) is 0 Å². The molecule has 0 aromatic carbocycles. The van der Waals surface area contributed by atoms with Gasteiger partial charge in [-0.25, -0.2) is 0 Å². The minimum atomic E-state index is -3.16. The Balaban J connectivity index is 0.00000180. The third-order valence-electron chi connectivity index (χ3n) is 3.97. The molecular weight excluding hydrogens is 286 g/mol. The molecule has 2 saturated heterocycles. The summed E-state index contributed by atoms with van der Waals surface area (Å²) in [7, 11) is -3.16. The maximum absolute atomic E-state index is 12.3. The molecule has 114 valence electrons. The van der Waals surface area contributed by atoms with Crippen LogP contribution < -0.4 is 5.32 Å². The molecule has 0 aromatic heterocycles. The van der Waals surface area contributed by atoms with Gasteiger partial charge in [0.25, 0.3) is 10.2 Å². The molecule has 0 saturated carbocycles. The molecule has 0 aromatic rings. The van der Waals surface area contributed by atoms with Gasteiger partial charge < -0.3 is 5.32 Å². The number of rotatable bonds is 5. The Morgan fingerprint density at radius 3 is 2.11 bits per heavy atom. The Bertz CT molecular complexity index is 350. The van der Waals surface area contributed by atoms with Crippen molar-refractivity contribution in [3.8, 4) is 0 Å². The molecular formula is C12H26ClN3O2S. The van der Waals surface area contributed by atoms with Gasteiger partial charge in [-0.1, -0.05) is 6.92 Å². The molecule has 5 nitrogen and oxygen atoms in total. The first-order valence-corrected chi connectivity index (χ1v) is 8.50. The molecule has 0 aliphatic carbocycles. The SMILES string of the molecule is CCNCC1CCN(S(=O)(=O)N2CCCC2)CC1.Cl. The highest BCUT2D eigenvalue weighted by atomic mass is 35.5. The molecule has 2 aliphatic rings. The third-order valence-corrected chi connectivity index (χ3v) is 6.01. The van der Waals surface area contributed by atoms with Crippen LogP contribution in [0, 0.1) is 5.92 Å². The molecule has 0 radical (unpaired) electrons. The van der Waals surface area contributed by atoms with E-state index in [4.69, 9.17) is 0 Å². The van der Waals surface area contributed by atoms with E-state index in [0.717, 1.165) is 38.8 Å². The Morgan fingerprint density at radius 2 is 1.58 bits per heavy atom. The predicted octanol–water partition coefficient (Wildman–Crippen LogP) is 1.07. The minimum Gasteiger partial charge on any atom is -0.317 e. The summed E-state index contributed by atoms with van der Waals surface area (Å²) in [6, 6.07) is 0. The van der Waals surface area contributed by atoms with Crippen LogP contribution in [0.4, 0.5) is 0 Å². The summed E-state index contributed by atoms with van der Waals surface area (Å²) in [6.45, 7) is 6.91. The lowest BCUT2D eigenvalue weighted by Gasteiger charge is -2.33. The zero-order valence-corrected chi connectivity index (χ0v) is 13.3. The zero-order chi connectivity index (χ0) is 13.0. The first-order chi connectivity index (χ1) is 8.64. The maximum atomic E-state index is 12.3. The molecule has 2 rings (SSSR count). The van der Waals surface area contributed by atoms with E-state index >= 15 is 0 Å². The molecule has 1 N–H and O–H groups in total. The third kappa shape index (κ3) is 4.29. The second kappa shape index (κ2) is 7.78. The lowest BCUT2D eigenvalue weighted by Crippen LogP contribution is -2.47. The Kier molecular flexibility index (Phi) is 7.04. The van der Waals surface area contributed by atoms with Gasteiger partial charge in [0, 0.05) is 26.2 Å². The number of hydrogen-bond donors (Lipinski definition) is 1.